The van der Waals surface area contributed by atoms with Gasteiger partial charge in [0, 0.05) is 25.0 Å². The first-order chi connectivity index (χ1) is 9.08. The zero-order chi connectivity index (χ0) is 13.8. The number of aromatic nitrogens is 1. The van der Waals surface area contributed by atoms with E-state index < -0.39 is 17.4 Å². The van der Waals surface area contributed by atoms with Crippen molar-refractivity contribution in [2.45, 2.75) is 19.5 Å². The summed E-state index contributed by atoms with van der Waals surface area (Å²) in [7, 11) is 0. The number of halogens is 2. The van der Waals surface area contributed by atoms with E-state index >= 15 is 0 Å². The number of hydrogen-bond donors (Lipinski definition) is 2. The van der Waals surface area contributed by atoms with E-state index in [4.69, 9.17) is 5.11 Å². The van der Waals surface area contributed by atoms with Crippen LogP contribution in [0.2, 0.25) is 0 Å². The van der Waals surface area contributed by atoms with E-state index in [1.54, 1.807) is 12.4 Å². The summed E-state index contributed by atoms with van der Waals surface area (Å²) in [5.74, 6) is -2.85. The highest BCUT2D eigenvalue weighted by Crippen LogP contribution is 2.21. The fraction of sp³-hybridized carbons (Fsp3) is 0.214. The van der Waals surface area contributed by atoms with Gasteiger partial charge in [0.05, 0.1) is 0 Å². The summed E-state index contributed by atoms with van der Waals surface area (Å²) in [4.78, 5) is 4.01. The highest BCUT2D eigenvalue weighted by Gasteiger charge is 2.10. The monoisotopic (exact) mass is 264 g/mol. The number of phenols is 1. The molecule has 2 aromatic rings. The van der Waals surface area contributed by atoms with Crippen LogP contribution in [0.4, 0.5) is 8.78 Å². The fourth-order valence-electron chi connectivity index (χ4n) is 1.74. The van der Waals surface area contributed by atoms with E-state index in [0.717, 1.165) is 17.7 Å². The molecule has 0 aliphatic rings. The van der Waals surface area contributed by atoms with Crippen molar-refractivity contribution in [2.24, 2.45) is 0 Å². The van der Waals surface area contributed by atoms with Crippen molar-refractivity contribution in [1.82, 2.24) is 10.3 Å². The largest absolute Gasteiger partial charge is 0.503 e. The molecule has 3 nitrogen and oxygen atoms in total. The van der Waals surface area contributed by atoms with E-state index in [1.165, 1.54) is 0 Å². The Hall–Kier alpha value is -2.01. The Morgan fingerprint density at radius 3 is 2.58 bits per heavy atom. The van der Waals surface area contributed by atoms with Crippen LogP contribution in [0.3, 0.4) is 0 Å². The number of benzene rings is 1. The molecule has 0 aliphatic heterocycles. The van der Waals surface area contributed by atoms with Gasteiger partial charge in [-0.1, -0.05) is 6.07 Å². The number of aromatic hydroxyl groups is 1. The molecule has 1 atom stereocenters. The van der Waals surface area contributed by atoms with Crippen LogP contribution in [0.15, 0.2) is 36.7 Å². The third-order valence-corrected chi connectivity index (χ3v) is 2.87. The molecular weight excluding hydrogens is 250 g/mol. The Bertz CT molecular complexity index is 538. The van der Waals surface area contributed by atoms with Gasteiger partial charge < -0.3 is 10.4 Å². The van der Waals surface area contributed by atoms with Gasteiger partial charge in [-0.15, -0.1) is 0 Å². The molecule has 1 aromatic carbocycles. The fourth-order valence-corrected chi connectivity index (χ4v) is 1.74. The summed E-state index contributed by atoms with van der Waals surface area (Å²) in [6.07, 6.45) is 3.41. The Labute approximate surface area is 109 Å². The maximum atomic E-state index is 13.2. The molecule has 1 heterocycles. The first-order valence-corrected chi connectivity index (χ1v) is 5.88. The number of rotatable bonds is 4. The summed E-state index contributed by atoms with van der Waals surface area (Å²) >= 11 is 0. The van der Waals surface area contributed by atoms with E-state index in [2.05, 4.69) is 10.3 Å². The number of pyridine rings is 1. The van der Waals surface area contributed by atoms with E-state index in [1.807, 2.05) is 19.1 Å². The highest BCUT2D eigenvalue weighted by atomic mass is 19.1. The zero-order valence-electron chi connectivity index (χ0n) is 10.4. The normalized spacial score (nSPS) is 12.4. The molecule has 0 aliphatic carbocycles. The minimum atomic E-state index is -0.953. The van der Waals surface area contributed by atoms with E-state index in [9.17, 15) is 8.78 Å². The summed E-state index contributed by atoms with van der Waals surface area (Å²) in [6.45, 7) is 2.23. The standard InChI is InChI=1S/C14H14F2N2O/c1-9(11-3-2-4-17-8-11)18-7-10-5-12(15)14(19)13(16)6-10/h2-6,8-9,18-19H,7H2,1H3/t9-/m1/s1. The minimum Gasteiger partial charge on any atom is -0.503 e. The summed E-state index contributed by atoms with van der Waals surface area (Å²) in [5.41, 5.74) is 1.42. The van der Waals surface area contributed by atoms with Crippen LogP contribution in [0.5, 0.6) is 5.75 Å². The molecule has 1 aromatic heterocycles. The van der Waals surface area contributed by atoms with Crippen LogP contribution in [-0.2, 0) is 6.54 Å². The molecule has 5 heteroatoms. The maximum Gasteiger partial charge on any atom is 0.187 e. The van der Waals surface area contributed by atoms with Gasteiger partial charge in [-0.25, -0.2) is 8.78 Å². The number of nitrogens with one attached hydrogen (secondary N) is 1. The summed E-state index contributed by atoms with van der Waals surface area (Å²) in [5, 5.41) is 12.1. The third kappa shape index (κ3) is 3.26. The molecule has 2 rings (SSSR count). The predicted octanol–water partition coefficient (Wildman–Crippen LogP) is 2.92. The van der Waals surface area contributed by atoms with Crippen LogP contribution >= 0.6 is 0 Å². The number of phenolic OH excluding ortho intramolecular Hbond substituents is 1. The van der Waals surface area contributed by atoms with Crippen molar-refractivity contribution in [2.75, 3.05) is 0 Å². The summed E-state index contributed by atoms with van der Waals surface area (Å²) < 4.78 is 26.3. The molecule has 0 amide bonds. The van der Waals surface area contributed by atoms with Crippen molar-refractivity contribution >= 4 is 0 Å². The number of hydrogen-bond acceptors (Lipinski definition) is 3. The van der Waals surface area contributed by atoms with Crippen LogP contribution in [0.25, 0.3) is 0 Å². The third-order valence-electron chi connectivity index (χ3n) is 2.87. The summed E-state index contributed by atoms with van der Waals surface area (Å²) in [6, 6.07) is 5.98. The lowest BCUT2D eigenvalue weighted by Gasteiger charge is -2.14. The van der Waals surface area contributed by atoms with Crippen LogP contribution < -0.4 is 5.32 Å². The first kappa shape index (κ1) is 13.4. The van der Waals surface area contributed by atoms with Crippen molar-refractivity contribution in [1.29, 1.82) is 0 Å². The van der Waals surface area contributed by atoms with Crippen molar-refractivity contribution in [3.8, 4) is 5.75 Å². The maximum absolute atomic E-state index is 13.2. The molecule has 100 valence electrons. The zero-order valence-corrected chi connectivity index (χ0v) is 10.4. The molecule has 0 spiro atoms. The van der Waals surface area contributed by atoms with Gasteiger partial charge in [0.2, 0.25) is 0 Å². The Balaban J connectivity index is 2.03. The average molecular weight is 264 g/mol. The molecule has 0 saturated heterocycles. The van der Waals surface area contributed by atoms with Crippen LogP contribution in [0, 0.1) is 11.6 Å². The molecule has 0 fully saturated rings. The average Bonchev–Trinajstić information content (AvgIpc) is 2.43. The second-order valence-electron chi connectivity index (χ2n) is 4.30. The Kier molecular flexibility index (Phi) is 4.06. The molecule has 0 radical (unpaired) electrons. The lowest BCUT2D eigenvalue weighted by atomic mass is 10.1. The van der Waals surface area contributed by atoms with Gasteiger partial charge in [0.25, 0.3) is 0 Å². The Morgan fingerprint density at radius 1 is 1.32 bits per heavy atom. The Morgan fingerprint density at radius 2 is 2.00 bits per heavy atom. The quantitative estimate of drug-likeness (QED) is 0.892. The van der Waals surface area contributed by atoms with Gasteiger partial charge in [0.1, 0.15) is 0 Å². The molecule has 19 heavy (non-hydrogen) atoms. The van der Waals surface area contributed by atoms with Gasteiger partial charge >= 0.3 is 0 Å². The smallest absolute Gasteiger partial charge is 0.187 e. The lowest BCUT2D eigenvalue weighted by Crippen LogP contribution is -2.18. The predicted molar refractivity (Wildman–Crippen MR) is 67.5 cm³/mol. The van der Waals surface area contributed by atoms with Gasteiger partial charge in [-0.3, -0.25) is 4.98 Å². The van der Waals surface area contributed by atoms with Gasteiger partial charge in [0.15, 0.2) is 17.4 Å². The molecular formula is C14H14F2N2O. The van der Waals surface area contributed by atoms with Crippen molar-refractivity contribution in [3.05, 3.63) is 59.4 Å². The second-order valence-corrected chi connectivity index (χ2v) is 4.30. The lowest BCUT2D eigenvalue weighted by molar-refractivity contribution is 0.394. The van der Waals surface area contributed by atoms with Gasteiger partial charge in [-0.2, -0.15) is 0 Å². The molecule has 2 N–H and O–H groups in total. The SMILES string of the molecule is C[C@@H](NCc1cc(F)c(O)c(F)c1)c1cccnc1. The molecule has 0 bridgehead atoms. The van der Waals surface area contributed by atoms with Crippen molar-refractivity contribution in [3.63, 3.8) is 0 Å². The van der Waals surface area contributed by atoms with Gasteiger partial charge in [-0.05, 0) is 36.2 Å². The number of nitrogens with zero attached hydrogens (tertiary/aromatic N) is 1. The minimum absolute atomic E-state index is 0.00799. The molecule has 0 saturated carbocycles. The van der Waals surface area contributed by atoms with E-state index in [0.29, 0.717) is 12.1 Å². The molecule has 0 unspecified atom stereocenters. The first-order valence-electron chi connectivity index (χ1n) is 5.88. The van der Waals surface area contributed by atoms with Crippen molar-refractivity contribution < 1.29 is 13.9 Å². The van der Waals surface area contributed by atoms with E-state index in [-0.39, 0.29) is 6.04 Å². The second kappa shape index (κ2) is 5.75. The highest BCUT2D eigenvalue weighted by molar-refractivity contribution is 5.30. The van der Waals surface area contributed by atoms with Crippen LogP contribution in [0.1, 0.15) is 24.1 Å². The van der Waals surface area contributed by atoms with Crippen LogP contribution in [-0.4, -0.2) is 10.1 Å². The topological polar surface area (TPSA) is 45.1 Å².